The van der Waals surface area contributed by atoms with Gasteiger partial charge in [-0.3, -0.25) is 4.21 Å². The van der Waals surface area contributed by atoms with Crippen LogP contribution in [0.1, 0.15) is 33.1 Å². The van der Waals surface area contributed by atoms with Crippen molar-refractivity contribution in [2.24, 2.45) is 5.73 Å². The second-order valence-electron chi connectivity index (χ2n) is 5.21. The van der Waals surface area contributed by atoms with Crippen LogP contribution in [0.3, 0.4) is 0 Å². The van der Waals surface area contributed by atoms with Gasteiger partial charge in [-0.2, -0.15) is 0 Å². The molecule has 3 unspecified atom stereocenters. The second kappa shape index (κ2) is 7.00. The van der Waals surface area contributed by atoms with Crippen molar-refractivity contribution in [1.82, 2.24) is 0 Å². The fraction of sp³-hybridized carbons (Fsp3) is 0.412. The predicted molar refractivity (Wildman–Crippen MR) is 87.3 cm³/mol. The standard InChI is InChI=1S/C17H23NOS/c1-3-7-16(18)17(4-2)20(19)15-11-10-13-8-5-6-9-14(13)12-15/h5-6,8-12,16-17H,3-4,7,18H2,1-2H3. The first-order chi connectivity index (χ1) is 9.67. The first-order valence-electron chi connectivity index (χ1n) is 7.32. The van der Waals surface area contributed by atoms with Crippen LogP contribution in [0, 0.1) is 0 Å². The van der Waals surface area contributed by atoms with E-state index in [0.29, 0.717) is 0 Å². The Bertz CT molecular complexity index is 596. The maximum absolute atomic E-state index is 12.8. The van der Waals surface area contributed by atoms with Gasteiger partial charge in [0, 0.05) is 10.9 Å². The summed E-state index contributed by atoms with van der Waals surface area (Å²) in [5.74, 6) is 0. The second-order valence-corrected chi connectivity index (χ2v) is 6.88. The van der Waals surface area contributed by atoms with Crippen LogP contribution in [-0.4, -0.2) is 15.5 Å². The van der Waals surface area contributed by atoms with E-state index in [-0.39, 0.29) is 11.3 Å². The van der Waals surface area contributed by atoms with E-state index in [4.69, 9.17) is 5.73 Å². The smallest absolute Gasteiger partial charge is 0.0576 e. The molecule has 0 heterocycles. The van der Waals surface area contributed by atoms with Crippen molar-refractivity contribution < 1.29 is 4.21 Å². The van der Waals surface area contributed by atoms with Gasteiger partial charge in [-0.05, 0) is 35.7 Å². The molecule has 0 bridgehead atoms. The molecule has 0 fully saturated rings. The molecule has 0 spiro atoms. The summed E-state index contributed by atoms with van der Waals surface area (Å²) in [6, 6.07) is 14.2. The monoisotopic (exact) mass is 289 g/mol. The van der Waals surface area contributed by atoms with E-state index in [2.05, 4.69) is 26.0 Å². The zero-order valence-electron chi connectivity index (χ0n) is 12.2. The molecule has 0 amide bonds. The molecule has 2 rings (SSSR count). The van der Waals surface area contributed by atoms with Gasteiger partial charge in [-0.25, -0.2) is 0 Å². The van der Waals surface area contributed by atoms with Crippen LogP contribution in [-0.2, 0) is 10.8 Å². The summed E-state index contributed by atoms with van der Waals surface area (Å²) in [4.78, 5) is 0.891. The maximum Gasteiger partial charge on any atom is 0.0576 e. The third kappa shape index (κ3) is 3.28. The largest absolute Gasteiger partial charge is 0.327 e. The minimum atomic E-state index is -1.03. The lowest BCUT2D eigenvalue weighted by Crippen LogP contribution is -2.37. The van der Waals surface area contributed by atoms with Gasteiger partial charge in [-0.15, -0.1) is 0 Å². The van der Waals surface area contributed by atoms with Crippen molar-refractivity contribution in [2.45, 2.75) is 49.3 Å². The fourth-order valence-electron chi connectivity index (χ4n) is 2.60. The van der Waals surface area contributed by atoms with Gasteiger partial charge in [0.15, 0.2) is 0 Å². The number of hydrogen-bond donors (Lipinski definition) is 1. The summed E-state index contributed by atoms with van der Waals surface area (Å²) in [5.41, 5.74) is 6.20. The van der Waals surface area contributed by atoms with E-state index in [1.54, 1.807) is 0 Å². The van der Waals surface area contributed by atoms with Gasteiger partial charge in [-0.1, -0.05) is 50.6 Å². The quantitative estimate of drug-likeness (QED) is 0.877. The molecule has 0 radical (unpaired) electrons. The fourth-order valence-corrected chi connectivity index (χ4v) is 4.15. The highest BCUT2D eigenvalue weighted by Gasteiger charge is 2.23. The molecule has 3 heteroatoms. The van der Waals surface area contributed by atoms with Gasteiger partial charge in [0.1, 0.15) is 0 Å². The number of benzene rings is 2. The lowest BCUT2D eigenvalue weighted by molar-refractivity contribution is 0.550. The molecular weight excluding hydrogens is 266 g/mol. The van der Waals surface area contributed by atoms with Crippen molar-refractivity contribution in [1.29, 1.82) is 0 Å². The lowest BCUT2D eigenvalue weighted by atomic mass is 10.1. The third-order valence-electron chi connectivity index (χ3n) is 3.73. The molecule has 0 saturated carbocycles. The number of nitrogens with two attached hydrogens (primary N) is 1. The zero-order valence-corrected chi connectivity index (χ0v) is 13.0. The van der Waals surface area contributed by atoms with Gasteiger partial charge in [0.05, 0.1) is 16.0 Å². The summed E-state index contributed by atoms with van der Waals surface area (Å²) < 4.78 is 12.8. The minimum Gasteiger partial charge on any atom is -0.327 e. The predicted octanol–water partition coefficient (Wildman–Crippen LogP) is 3.85. The van der Waals surface area contributed by atoms with Crippen LogP contribution < -0.4 is 5.73 Å². The molecule has 2 aromatic rings. The van der Waals surface area contributed by atoms with Crippen molar-refractivity contribution in [3.05, 3.63) is 42.5 Å². The minimum absolute atomic E-state index is 0.0114. The Morgan fingerprint density at radius 3 is 2.45 bits per heavy atom. The molecule has 3 atom stereocenters. The van der Waals surface area contributed by atoms with E-state index in [9.17, 15) is 4.21 Å². The molecule has 0 aliphatic heterocycles. The van der Waals surface area contributed by atoms with Crippen LogP contribution >= 0.6 is 0 Å². The lowest BCUT2D eigenvalue weighted by Gasteiger charge is -2.21. The van der Waals surface area contributed by atoms with E-state index < -0.39 is 10.8 Å². The van der Waals surface area contributed by atoms with Crippen LogP contribution in [0.5, 0.6) is 0 Å². The highest BCUT2D eigenvalue weighted by atomic mass is 32.2. The highest BCUT2D eigenvalue weighted by molar-refractivity contribution is 7.85. The first-order valence-corrected chi connectivity index (χ1v) is 8.53. The van der Waals surface area contributed by atoms with Crippen LogP contribution in [0.2, 0.25) is 0 Å². The van der Waals surface area contributed by atoms with E-state index in [0.717, 1.165) is 29.5 Å². The average molecular weight is 289 g/mol. The van der Waals surface area contributed by atoms with Crippen LogP contribution in [0.15, 0.2) is 47.4 Å². The summed E-state index contributed by atoms with van der Waals surface area (Å²) in [5, 5.41) is 2.35. The van der Waals surface area contributed by atoms with E-state index in [1.807, 2.05) is 30.3 Å². The van der Waals surface area contributed by atoms with E-state index in [1.165, 1.54) is 5.39 Å². The van der Waals surface area contributed by atoms with Crippen LogP contribution in [0.4, 0.5) is 0 Å². The number of rotatable bonds is 6. The molecule has 108 valence electrons. The molecule has 2 nitrogen and oxygen atoms in total. The van der Waals surface area contributed by atoms with Crippen molar-refractivity contribution in [3.63, 3.8) is 0 Å². The maximum atomic E-state index is 12.8. The zero-order chi connectivity index (χ0) is 14.5. The molecular formula is C17H23NOS. The molecule has 0 saturated heterocycles. The molecule has 0 aliphatic rings. The van der Waals surface area contributed by atoms with Gasteiger partial charge < -0.3 is 5.73 Å². The van der Waals surface area contributed by atoms with E-state index >= 15 is 0 Å². The summed E-state index contributed by atoms with van der Waals surface area (Å²) >= 11 is 0. The molecule has 0 aromatic heterocycles. The summed E-state index contributed by atoms with van der Waals surface area (Å²) in [6.07, 6.45) is 2.81. The van der Waals surface area contributed by atoms with Crippen LogP contribution in [0.25, 0.3) is 10.8 Å². The van der Waals surface area contributed by atoms with Crippen molar-refractivity contribution >= 4 is 21.6 Å². The Kier molecular flexibility index (Phi) is 5.32. The average Bonchev–Trinajstić information content (AvgIpc) is 2.47. The summed E-state index contributed by atoms with van der Waals surface area (Å²) in [6.45, 7) is 4.19. The first kappa shape index (κ1) is 15.2. The van der Waals surface area contributed by atoms with Crippen molar-refractivity contribution in [2.75, 3.05) is 0 Å². The van der Waals surface area contributed by atoms with Crippen molar-refractivity contribution in [3.8, 4) is 0 Å². The van der Waals surface area contributed by atoms with Gasteiger partial charge >= 0.3 is 0 Å². The number of fused-ring (bicyclic) bond motifs is 1. The Morgan fingerprint density at radius 1 is 1.10 bits per heavy atom. The normalized spacial score (nSPS) is 15.9. The van der Waals surface area contributed by atoms with Gasteiger partial charge in [0.2, 0.25) is 0 Å². The molecule has 2 N–H and O–H groups in total. The van der Waals surface area contributed by atoms with Gasteiger partial charge in [0.25, 0.3) is 0 Å². The third-order valence-corrected chi connectivity index (χ3v) is 5.68. The highest BCUT2D eigenvalue weighted by Crippen LogP contribution is 2.22. The Labute approximate surface area is 123 Å². The summed E-state index contributed by atoms with van der Waals surface area (Å²) in [7, 11) is -1.03. The molecule has 0 aliphatic carbocycles. The Hall–Kier alpha value is -1.19. The number of hydrogen-bond acceptors (Lipinski definition) is 2. The SMILES string of the molecule is CCCC(N)C(CC)S(=O)c1ccc2ccccc2c1. The topological polar surface area (TPSA) is 43.1 Å². The Morgan fingerprint density at radius 2 is 1.80 bits per heavy atom. The Balaban J connectivity index is 2.29. The molecule has 2 aromatic carbocycles. The molecule has 20 heavy (non-hydrogen) atoms.